The normalized spacial score (nSPS) is 10.1. The van der Waals surface area contributed by atoms with Gasteiger partial charge in [-0.2, -0.15) is 5.26 Å². The lowest BCUT2D eigenvalue weighted by Crippen LogP contribution is -2.35. The van der Waals surface area contributed by atoms with Gasteiger partial charge in [-0.3, -0.25) is 14.9 Å². The van der Waals surface area contributed by atoms with Crippen LogP contribution < -0.4 is 14.4 Å². The number of hydrogen-bond donors (Lipinski definition) is 0. The Labute approximate surface area is 167 Å². The molecule has 9 heteroatoms. The van der Waals surface area contributed by atoms with Crippen LogP contribution in [0.15, 0.2) is 36.4 Å². The molecule has 1 amide bonds. The third-order valence-electron chi connectivity index (χ3n) is 3.91. The highest BCUT2D eigenvalue weighted by atomic mass is 35.5. The molecule has 0 saturated heterocycles. The third-order valence-corrected chi connectivity index (χ3v) is 4.33. The molecule has 0 bridgehead atoms. The highest BCUT2D eigenvalue weighted by Gasteiger charge is 2.19. The van der Waals surface area contributed by atoms with E-state index in [-0.39, 0.29) is 36.8 Å². The summed E-state index contributed by atoms with van der Waals surface area (Å²) in [6.45, 7) is 1.60. The van der Waals surface area contributed by atoms with E-state index in [1.165, 1.54) is 30.2 Å². The van der Waals surface area contributed by atoms with Crippen molar-refractivity contribution in [3.63, 3.8) is 0 Å². The average molecular weight is 404 g/mol. The Morgan fingerprint density at radius 3 is 2.64 bits per heavy atom. The van der Waals surface area contributed by atoms with Gasteiger partial charge in [0.1, 0.15) is 0 Å². The van der Waals surface area contributed by atoms with Crippen LogP contribution in [0, 0.1) is 28.4 Å². The van der Waals surface area contributed by atoms with Gasteiger partial charge in [-0.05, 0) is 36.8 Å². The molecule has 0 saturated carbocycles. The molecule has 8 nitrogen and oxygen atoms in total. The van der Waals surface area contributed by atoms with Gasteiger partial charge in [0.2, 0.25) is 0 Å². The third kappa shape index (κ3) is 5.11. The van der Waals surface area contributed by atoms with E-state index >= 15 is 0 Å². The van der Waals surface area contributed by atoms with E-state index in [2.05, 4.69) is 0 Å². The molecule has 146 valence electrons. The Hall–Kier alpha value is -3.31. The molecule has 2 aromatic carbocycles. The molecule has 0 aliphatic heterocycles. The fourth-order valence-electron chi connectivity index (χ4n) is 2.47. The number of carbonyl (C=O) groups excluding carboxylic acids is 1. The number of halogens is 1. The van der Waals surface area contributed by atoms with Gasteiger partial charge in [-0.15, -0.1) is 0 Å². The molecule has 2 aromatic rings. The van der Waals surface area contributed by atoms with E-state index in [0.717, 1.165) is 5.56 Å². The molecule has 0 aliphatic carbocycles. The number of aryl methyl sites for hydroxylation is 1. The van der Waals surface area contributed by atoms with E-state index in [1.807, 2.05) is 13.0 Å². The molecular formula is C19H18ClN3O5. The summed E-state index contributed by atoms with van der Waals surface area (Å²) in [7, 11) is 1.39. The number of amides is 1. The zero-order valence-corrected chi connectivity index (χ0v) is 16.1. The summed E-state index contributed by atoms with van der Waals surface area (Å²) in [6, 6.07) is 11.0. The van der Waals surface area contributed by atoms with E-state index in [4.69, 9.17) is 26.3 Å². The molecule has 0 unspecified atom stereocenters. The van der Waals surface area contributed by atoms with Crippen LogP contribution in [0.4, 0.5) is 11.4 Å². The van der Waals surface area contributed by atoms with E-state index in [1.54, 1.807) is 18.2 Å². The molecule has 0 aromatic heterocycles. The van der Waals surface area contributed by atoms with Crippen LogP contribution in [0.25, 0.3) is 0 Å². The molecular weight excluding hydrogens is 386 g/mol. The van der Waals surface area contributed by atoms with Crippen LogP contribution in [-0.4, -0.2) is 31.1 Å². The SMILES string of the molecule is COc1ccc([N+](=O)[O-])cc1OCC(=O)N(CCC#N)c1ccc(Cl)c(C)c1. The van der Waals surface area contributed by atoms with Crippen molar-refractivity contribution in [3.8, 4) is 17.6 Å². The summed E-state index contributed by atoms with van der Waals surface area (Å²) in [5, 5.41) is 20.4. The number of carbonyl (C=O) groups is 1. The van der Waals surface area contributed by atoms with Crippen molar-refractivity contribution in [1.29, 1.82) is 5.26 Å². The summed E-state index contributed by atoms with van der Waals surface area (Å²) in [6.07, 6.45) is 0.132. The Morgan fingerprint density at radius 2 is 2.04 bits per heavy atom. The number of benzene rings is 2. The van der Waals surface area contributed by atoms with Crippen LogP contribution in [0.3, 0.4) is 0 Å². The van der Waals surface area contributed by atoms with Crippen LogP contribution in [-0.2, 0) is 4.79 Å². The number of non-ortho nitro benzene ring substituents is 1. The number of nitro groups is 1. The van der Waals surface area contributed by atoms with Crippen molar-refractivity contribution in [2.75, 3.05) is 25.2 Å². The summed E-state index contributed by atoms with van der Waals surface area (Å²) in [5.74, 6) is -0.0626. The lowest BCUT2D eigenvalue weighted by Gasteiger charge is -2.23. The van der Waals surface area contributed by atoms with Crippen molar-refractivity contribution < 1.29 is 19.2 Å². The molecule has 28 heavy (non-hydrogen) atoms. The minimum absolute atomic E-state index is 0.0811. The van der Waals surface area contributed by atoms with Gasteiger partial charge in [0, 0.05) is 23.3 Å². The number of ether oxygens (including phenoxy) is 2. The second kappa shape index (κ2) is 9.58. The Kier molecular flexibility index (Phi) is 7.18. The number of nitriles is 1. The van der Waals surface area contributed by atoms with Gasteiger partial charge in [-0.25, -0.2) is 0 Å². The maximum Gasteiger partial charge on any atom is 0.273 e. The first-order chi connectivity index (χ1) is 13.4. The van der Waals surface area contributed by atoms with Gasteiger partial charge in [-0.1, -0.05) is 11.6 Å². The first kappa shape index (κ1) is 21.0. The fraction of sp³-hybridized carbons (Fsp3) is 0.263. The monoisotopic (exact) mass is 403 g/mol. The minimum atomic E-state index is -0.566. The summed E-state index contributed by atoms with van der Waals surface area (Å²) in [4.78, 5) is 24.5. The predicted molar refractivity (Wildman–Crippen MR) is 104 cm³/mol. The van der Waals surface area contributed by atoms with Crippen molar-refractivity contribution >= 4 is 28.9 Å². The molecule has 0 aliphatic rings. The van der Waals surface area contributed by atoms with Gasteiger partial charge < -0.3 is 14.4 Å². The quantitative estimate of drug-likeness (QED) is 0.489. The zero-order valence-electron chi connectivity index (χ0n) is 15.3. The summed E-state index contributed by atoms with van der Waals surface area (Å²) >= 11 is 6.03. The lowest BCUT2D eigenvalue weighted by atomic mass is 10.2. The first-order valence-corrected chi connectivity index (χ1v) is 8.64. The van der Waals surface area contributed by atoms with Crippen molar-refractivity contribution in [3.05, 3.63) is 57.1 Å². The number of anilines is 1. The lowest BCUT2D eigenvalue weighted by molar-refractivity contribution is -0.385. The van der Waals surface area contributed by atoms with Gasteiger partial charge in [0.25, 0.3) is 11.6 Å². The minimum Gasteiger partial charge on any atom is -0.493 e. The van der Waals surface area contributed by atoms with Crippen molar-refractivity contribution in [2.45, 2.75) is 13.3 Å². The Balaban J connectivity index is 2.22. The second-order valence-electron chi connectivity index (χ2n) is 5.77. The summed E-state index contributed by atoms with van der Waals surface area (Å²) < 4.78 is 10.6. The highest BCUT2D eigenvalue weighted by molar-refractivity contribution is 6.31. The molecule has 0 heterocycles. The van der Waals surface area contributed by atoms with Crippen LogP contribution in [0.2, 0.25) is 5.02 Å². The number of nitrogens with zero attached hydrogens (tertiary/aromatic N) is 3. The van der Waals surface area contributed by atoms with Crippen molar-refractivity contribution in [1.82, 2.24) is 0 Å². The standard InChI is InChI=1S/C19H18ClN3O5/c1-13-10-14(4-6-16(13)20)22(9-3-8-21)19(24)12-28-18-11-15(23(25)26)5-7-17(18)27-2/h4-7,10-11H,3,9,12H2,1-2H3. The van der Waals surface area contributed by atoms with E-state index in [0.29, 0.717) is 10.7 Å². The molecule has 0 N–H and O–H groups in total. The molecule has 0 spiro atoms. The van der Waals surface area contributed by atoms with Crippen LogP contribution >= 0.6 is 11.6 Å². The van der Waals surface area contributed by atoms with Crippen LogP contribution in [0.1, 0.15) is 12.0 Å². The molecule has 0 fully saturated rings. The number of methoxy groups -OCH3 is 1. The van der Waals surface area contributed by atoms with E-state index < -0.39 is 10.8 Å². The largest absolute Gasteiger partial charge is 0.493 e. The Morgan fingerprint density at radius 1 is 1.29 bits per heavy atom. The molecule has 0 atom stereocenters. The van der Waals surface area contributed by atoms with E-state index in [9.17, 15) is 14.9 Å². The zero-order chi connectivity index (χ0) is 20.7. The number of hydrogen-bond acceptors (Lipinski definition) is 6. The fourth-order valence-corrected chi connectivity index (χ4v) is 2.58. The number of rotatable bonds is 8. The smallest absolute Gasteiger partial charge is 0.273 e. The van der Waals surface area contributed by atoms with Gasteiger partial charge in [0.15, 0.2) is 18.1 Å². The average Bonchev–Trinajstić information content (AvgIpc) is 2.68. The Bertz CT molecular complexity index is 926. The van der Waals surface area contributed by atoms with Crippen molar-refractivity contribution in [2.24, 2.45) is 0 Å². The maximum atomic E-state index is 12.7. The van der Waals surface area contributed by atoms with Gasteiger partial charge in [0.05, 0.1) is 30.6 Å². The van der Waals surface area contributed by atoms with Crippen LogP contribution in [0.5, 0.6) is 11.5 Å². The highest BCUT2D eigenvalue weighted by Crippen LogP contribution is 2.31. The first-order valence-electron chi connectivity index (χ1n) is 8.26. The maximum absolute atomic E-state index is 12.7. The predicted octanol–water partition coefficient (Wildman–Crippen LogP) is 3.89. The second-order valence-corrected chi connectivity index (χ2v) is 6.18. The number of nitro benzene ring substituents is 1. The molecule has 0 radical (unpaired) electrons. The summed E-state index contributed by atoms with van der Waals surface area (Å²) in [5.41, 5.74) is 1.19. The van der Waals surface area contributed by atoms with Gasteiger partial charge >= 0.3 is 0 Å². The topological polar surface area (TPSA) is 106 Å². The molecule has 2 rings (SSSR count).